The second-order valence-corrected chi connectivity index (χ2v) is 15.4. The lowest BCUT2D eigenvalue weighted by Gasteiger charge is -2.36. The number of carbonyl (C=O) groups excluding carboxylic acids is 1. The SMILES string of the molecule is [2H]C([2H])([2H])Oc1cc(/C=C/C(O)=C/C(=O)/C=C/c2ccc(OS(=O)(=O)O)c(OC([2H])([2H])[2H])c2)ccc1O[Si](C)(C)C(C)(C)C. The van der Waals surface area contributed by atoms with Crippen molar-refractivity contribution in [2.45, 2.75) is 38.9 Å². The van der Waals surface area contributed by atoms with Crippen LogP contribution in [0, 0.1) is 0 Å². The predicted octanol–water partition coefficient (Wildman–Crippen LogP) is 6.01. The Kier molecular flexibility index (Phi) is 7.28. The summed E-state index contributed by atoms with van der Waals surface area (Å²) in [6.07, 6.45) is 5.80. The lowest BCUT2D eigenvalue weighted by Crippen LogP contribution is -2.43. The zero-order valence-electron chi connectivity index (χ0n) is 27.5. The van der Waals surface area contributed by atoms with E-state index in [4.69, 9.17) is 26.7 Å². The van der Waals surface area contributed by atoms with E-state index in [2.05, 4.69) is 4.18 Å². The lowest BCUT2D eigenvalue weighted by molar-refractivity contribution is -0.110. The van der Waals surface area contributed by atoms with Crippen LogP contribution in [0.5, 0.6) is 23.0 Å². The van der Waals surface area contributed by atoms with Crippen molar-refractivity contribution in [3.63, 3.8) is 0 Å². The van der Waals surface area contributed by atoms with Crippen molar-refractivity contribution in [2.75, 3.05) is 14.1 Å². The van der Waals surface area contributed by atoms with Crippen molar-refractivity contribution < 1.29 is 49.2 Å². The Morgan fingerprint density at radius 1 is 0.921 bits per heavy atom. The van der Waals surface area contributed by atoms with E-state index in [0.717, 1.165) is 24.3 Å². The number of carbonyl (C=O) groups is 1. The molecule has 0 aliphatic rings. The van der Waals surface area contributed by atoms with Crippen LogP contribution in [0.2, 0.25) is 18.1 Å². The number of ketones is 1. The molecule has 2 aromatic carbocycles. The van der Waals surface area contributed by atoms with Gasteiger partial charge in [0.1, 0.15) is 11.5 Å². The Morgan fingerprint density at radius 2 is 1.45 bits per heavy atom. The largest absolute Gasteiger partial charge is 0.541 e. The molecule has 11 heteroatoms. The van der Waals surface area contributed by atoms with E-state index >= 15 is 0 Å². The molecule has 2 aromatic rings. The van der Waals surface area contributed by atoms with Crippen LogP contribution in [0.15, 0.2) is 60.4 Å². The average Bonchev–Trinajstić information content (AvgIpc) is 2.80. The number of hydrogen-bond acceptors (Lipinski definition) is 8. The smallest absolute Gasteiger partial charge is 0.446 e. The maximum Gasteiger partial charge on any atom is 0.446 e. The fraction of sp³-hybridized carbons (Fsp3) is 0.296. The number of benzene rings is 2. The molecule has 0 fully saturated rings. The zero-order chi connectivity index (χ0) is 33.7. The van der Waals surface area contributed by atoms with Crippen molar-refractivity contribution in [3.8, 4) is 23.0 Å². The fourth-order valence-electron chi connectivity index (χ4n) is 2.71. The van der Waals surface area contributed by atoms with Gasteiger partial charge in [0, 0.05) is 6.08 Å². The highest BCUT2D eigenvalue weighted by molar-refractivity contribution is 7.81. The molecule has 0 unspecified atom stereocenters. The van der Waals surface area contributed by atoms with Gasteiger partial charge in [-0.15, -0.1) is 0 Å². The number of ether oxygens (including phenoxy) is 2. The van der Waals surface area contributed by atoms with E-state index < -0.39 is 55.8 Å². The van der Waals surface area contributed by atoms with Gasteiger partial charge in [0.25, 0.3) is 8.32 Å². The number of methoxy groups -OCH3 is 2. The number of rotatable bonds is 11. The minimum absolute atomic E-state index is 0.00528. The van der Waals surface area contributed by atoms with E-state index in [-0.39, 0.29) is 22.1 Å². The Morgan fingerprint density at radius 3 is 1.97 bits per heavy atom. The third-order valence-electron chi connectivity index (χ3n) is 5.70. The van der Waals surface area contributed by atoms with Crippen molar-refractivity contribution in [1.29, 1.82) is 0 Å². The predicted molar refractivity (Wildman–Crippen MR) is 150 cm³/mol. The maximum absolute atomic E-state index is 12.4. The van der Waals surface area contributed by atoms with Crippen LogP contribution in [-0.2, 0) is 15.2 Å². The molecule has 0 saturated carbocycles. The highest BCUT2D eigenvalue weighted by atomic mass is 32.3. The fourth-order valence-corrected chi connectivity index (χ4v) is 4.10. The molecule has 0 amide bonds. The normalized spacial score (nSPS) is 16.1. The van der Waals surface area contributed by atoms with Crippen molar-refractivity contribution >= 4 is 36.7 Å². The molecule has 0 atom stereocenters. The summed E-state index contributed by atoms with van der Waals surface area (Å²) in [4.78, 5) is 12.4. The van der Waals surface area contributed by atoms with E-state index in [9.17, 15) is 18.3 Å². The van der Waals surface area contributed by atoms with Gasteiger partial charge in [-0.1, -0.05) is 45.1 Å². The molecule has 0 radical (unpaired) electrons. The monoisotopic (exact) mass is 568 g/mol. The molecule has 0 saturated heterocycles. The molecule has 2 N–H and O–H groups in total. The van der Waals surface area contributed by atoms with Crippen LogP contribution < -0.4 is 18.1 Å². The van der Waals surface area contributed by atoms with Crippen molar-refractivity contribution in [1.82, 2.24) is 0 Å². The number of aliphatic hydroxyl groups excluding tert-OH is 1. The summed E-state index contributed by atoms with van der Waals surface area (Å²) in [7, 11) is -13.0. The summed E-state index contributed by atoms with van der Waals surface area (Å²) >= 11 is 0. The minimum atomic E-state index is -4.97. The second-order valence-electron chi connectivity index (χ2n) is 9.63. The molecular formula is C27H34O9SSi. The van der Waals surface area contributed by atoms with Crippen molar-refractivity contribution in [3.05, 3.63) is 71.5 Å². The summed E-state index contributed by atoms with van der Waals surface area (Å²) in [6, 6.07) is 7.99. The summed E-state index contributed by atoms with van der Waals surface area (Å²) in [5.74, 6) is -1.98. The second kappa shape index (κ2) is 12.3. The van der Waals surface area contributed by atoms with Gasteiger partial charge in [-0.05, 0) is 65.7 Å². The summed E-state index contributed by atoms with van der Waals surface area (Å²) in [6.45, 7) is 10.1. The first-order chi connectivity index (χ1) is 19.8. The highest BCUT2D eigenvalue weighted by Gasteiger charge is 2.39. The Labute approximate surface area is 233 Å². The van der Waals surface area contributed by atoms with Gasteiger partial charge in [-0.2, -0.15) is 8.42 Å². The lowest BCUT2D eigenvalue weighted by atomic mass is 10.1. The molecule has 0 aliphatic carbocycles. The van der Waals surface area contributed by atoms with Crippen LogP contribution in [0.3, 0.4) is 0 Å². The number of aliphatic hydroxyl groups is 1. The Bertz CT molecular complexity index is 1550. The molecule has 9 nitrogen and oxygen atoms in total. The highest BCUT2D eigenvalue weighted by Crippen LogP contribution is 2.40. The number of hydrogen-bond donors (Lipinski definition) is 2. The van der Waals surface area contributed by atoms with E-state index in [1.54, 1.807) is 12.1 Å². The first-order valence-electron chi connectivity index (χ1n) is 14.2. The van der Waals surface area contributed by atoms with Crippen LogP contribution in [0.25, 0.3) is 12.2 Å². The van der Waals surface area contributed by atoms with Gasteiger partial charge in [0.05, 0.1) is 22.3 Å². The molecule has 2 rings (SSSR count). The zero-order valence-corrected chi connectivity index (χ0v) is 23.3. The Hall–Kier alpha value is -3.54. The van der Waals surface area contributed by atoms with Gasteiger partial charge >= 0.3 is 10.4 Å². The minimum Gasteiger partial charge on any atom is -0.541 e. The van der Waals surface area contributed by atoms with Crippen LogP contribution >= 0.6 is 0 Å². The van der Waals surface area contributed by atoms with E-state index in [1.165, 1.54) is 30.4 Å². The molecular weight excluding hydrogens is 528 g/mol. The van der Waals surface area contributed by atoms with Gasteiger partial charge in [-0.3, -0.25) is 9.35 Å². The maximum atomic E-state index is 12.4. The van der Waals surface area contributed by atoms with Crippen molar-refractivity contribution in [2.24, 2.45) is 0 Å². The molecule has 0 aromatic heterocycles. The molecule has 0 bridgehead atoms. The molecule has 38 heavy (non-hydrogen) atoms. The van der Waals surface area contributed by atoms with Gasteiger partial charge in [0.15, 0.2) is 23.0 Å². The van der Waals surface area contributed by atoms with Gasteiger partial charge in [0.2, 0.25) is 0 Å². The van der Waals surface area contributed by atoms with Crippen LogP contribution in [0.1, 0.15) is 40.1 Å². The van der Waals surface area contributed by atoms with Gasteiger partial charge < -0.3 is 23.2 Å². The van der Waals surface area contributed by atoms with Crippen LogP contribution in [-0.4, -0.2) is 46.3 Å². The van der Waals surface area contributed by atoms with Gasteiger partial charge in [-0.25, -0.2) is 0 Å². The van der Waals surface area contributed by atoms with Crippen LogP contribution in [0.4, 0.5) is 0 Å². The molecule has 0 spiro atoms. The number of allylic oxidation sites excluding steroid dienone is 3. The molecule has 206 valence electrons. The molecule has 0 heterocycles. The molecule has 0 aliphatic heterocycles. The van der Waals surface area contributed by atoms with E-state index in [0.29, 0.717) is 5.56 Å². The Balaban J connectivity index is 2.26. The summed E-state index contributed by atoms with van der Waals surface area (Å²) in [5, 5.41) is 10.1. The first kappa shape index (κ1) is 22.4. The average molecular weight is 569 g/mol. The quantitative estimate of drug-likeness (QED) is 0.110. The summed E-state index contributed by atoms with van der Waals surface area (Å²) in [5.41, 5.74) is 0.647. The standard InChI is InChI=1S/C27H34O9SSi/c1-27(2,3)38(6,7)36-24-15-11-20(17-26(24)34-5)9-13-22(29)18-21(28)12-8-19-10-14-23(25(16-19)33-4)35-37(30,31)32/h8-18,29H,1-7H3,(H,30,31,32)/b12-8+,13-9+,22-18-/i4D3,5D3. The van der Waals surface area contributed by atoms with E-state index in [1.807, 2.05) is 33.9 Å². The first-order valence-corrected chi connectivity index (χ1v) is 15.4. The summed E-state index contributed by atoms with van der Waals surface area (Å²) < 4.78 is 95.7. The topological polar surface area (TPSA) is 129 Å². The third kappa shape index (κ3) is 9.09. The third-order valence-corrected chi connectivity index (χ3v) is 10.4.